The number of aromatic nitrogens is 1. The molecule has 0 bridgehead atoms. The van der Waals surface area contributed by atoms with E-state index in [1.807, 2.05) is 0 Å². The summed E-state index contributed by atoms with van der Waals surface area (Å²) in [5, 5.41) is 0. The Bertz CT molecular complexity index is 344. The molecule has 0 aliphatic carbocycles. The SMILES string of the molecule is NC(=O)N1C=Cc2ncsc2C1. The number of hydrogen-bond acceptors (Lipinski definition) is 3. The molecule has 0 atom stereocenters. The minimum absolute atomic E-state index is 0.426. The molecule has 1 aromatic rings. The molecule has 4 nitrogen and oxygen atoms in total. The van der Waals surface area contributed by atoms with Crippen molar-refractivity contribution in [3.05, 3.63) is 22.3 Å². The second-order valence-corrected chi connectivity index (χ2v) is 3.38. The number of nitrogens with zero attached hydrogens (tertiary/aromatic N) is 2. The molecule has 2 amide bonds. The van der Waals surface area contributed by atoms with Crippen LogP contribution < -0.4 is 5.73 Å². The molecule has 0 spiro atoms. The van der Waals surface area contributed by atoms with Crippen molar-refractivity contribution in [2.45, 2.75) is 6.54 Å². The predicted octanol–water partition coefficient (Wildman–Crippen LogP) is 1.01. The number of rotatable bonds is 0. The predicted molar refractivity (Wildman–Crippen MR) is 46.3 cm³/mol. The molecule has 2 N–H and O–H groups in total. The summed E-state index contributed by atoms with van der Waals surface area (Å²) in [5.74, 6) is 0. The van der Waals surface area contributed by atoms with Gasteiger partial charge >= 0.3 is 6.03 Å². The summed E-state index contributed by atoms with van der Waals surface area (Å²) in [6.07, 6.45) is 3.45. The van der Waals surface area contributed by atoms with Crippen LogP contribution in [0.25, 0.3) is 6.08 Å². The lowest BCUT2D eigenvalue weighted by Gasteiger charge is -2.17. The molecule has 5 heteroatoms. The van der Waals surface area contributed by atoms with Gasteiger partial charge in [-0.15, -0.1) is 11.3 Å². The Morgan fingerprint density at radius 2 is 2.58 bits per heavy atom. The third-order valence-electron chi connectivity index (χ3n) is 1.68. The van der Waals surface area contributed by atoms with Crippen molar-refractivity contribution in [1.29, 1.82) is 0 Å². The first kappa shape index (κ1) is 7.30. The van der Waals surface area contributed by atoms with Gasteiger partial charge < -0.3 is 5.73 Å². The van der Waals surface area contributed by atoms with Gasteiger partial charge in [0.25, 0.3) is 0 Å². The van der Waals surface area contributed by atoms with E-state index in [0.717, 1.165) is 10.6 Å². The van der Waals surface area contributed by atoms with Crippen molar-refractivity contribution in [2.75, 3.05) is 0 Å². The van der Waals surface area contributed by atoms with Crippen molar-refractivity contribution >= 4 is 23.4 Å². The third kappa shape index (κ3) is 1.08. The number of fused-ring (bicyclic) bond motifs is 1. The summed E-state index contributed by atoms with van der Waals surface area (Å²) in [5.41, 5.74) is 7.82. The van der Waals surface area contributed by atoms with Crippen LogP contribution in [0, 0.1) is 0 Å². The summed E-state index contributed by atoms with van der Waals surface area (Å²) in [7, 11) is 0. The molecule has 62 valence electrons. The number of amides is 2. The Morgan fingerprint density at radius 1 is 1.75 bits per heavy atom. The van der Waals surface area contributed by atoms with E-state index in [2.05, 4.69) is 4.98 Å². The minimum Gasteiger partial charge on any atom is -0.351 e. The van der Waals surface area contributed by atoms with Crippen LogP contribution in [-0.2, 0) is 6.54 Å². The van der Waals surface area contributed by atoms with Crippen LogP contribution in [-0.4, -0.2) is 15.9 Å². The number of thiazole rings is 1. The molecule has 0 unspecified atom stereocenters. The monoisotopic (exact) mass is 181 g/mol. The molecule has 0 aromatic carbocycles. The van der Waals surface area contributed by atoms with Gasteiger partial charge in [0.1, 0.15) is 0 Å². The second-order valence-electron chi connectivity index (χ2n) is 2.44. The summed E-state index contributed by atoms with van der Waals surface area (Å²) in [4.78, 5) is 17.4. The fourth-order valence-electron chi connectivity index (χ4n) is 1.05. The fourth-order valence-corrected chi connectivity index (χ4v) is 1.80. The highest BCUT2D eigenvalue weighted by Gasteiger charge is 2.15. The molecule has 2 rings (SSSR count). The van der Waals surface area contributed by atoms with Gasteiger partial charge in [0, 0.05) is 6.20 Å². The lowest BCUT2D eigenvalue weighted by Crippen LogP contribution is -2.31. The van der Waals surface area contributed by atoms with E-state index in [1.54, 1.807) is 17.8 Å². The Labute approximate surface area is 73.3 Å². The van der Waals surface area contributed by atoms with E-state index < -0.39 is 6.03 Å². The molecular weight excluding hydrogens is 174 g/mol. The largest absolute Gasteiger partial charge is 0.351 e. The molecule has 2 heterocycles. The van der Waals surface area contributed by atoms with Gasteiger partial charge in [0.05, 0.1) is 22.6 Å². The van der Waals surface area contributed by atoms with E-state index in [-0.39, 0.29) is 0 Å². The van der Waals surface area contributed by atoms with Gasteiger partial charge in [-0.05, 0) is 6.08 Å². The summed E-state index contributed by atoms with van der Waals surface area (Å²) >= 11 is 1.53. The van der Waals surface area contributed by atoms with E-state index in [9.17, 15) is 4.79 Å². The molecule has 1 aliphatic heterocycles. The van der Waals surface area contributed by atoms with Gasteiger partial charge in [0.2, 0.25) is 0 Å². The van der Waals surface area contributed by atoms with Gasteiger partial charge in [-0.25, -0.2) is 9.78 Å². The molecule has 0 saturated heterocycles. The number of carbonyl (C=O) groups excluding carboxylic acids is 1. The zero-order valence-electron chi connectivity index (χ0n) is 6.23. The number of nitrogens with two attached hydrogens (primary N) is 1. The van der Waals surface area contributed by atoms with Crippen molar-refractivity contribution in [3.8, 4) is 0 Å². The first-order valence-corrected chi connectivity index (χ1v) is 4.32. The maximum atomic E-state index is 10.8. The van der Waals surface area contributed by atoms with Crippen molar-refractivity contribution in [2.24, 2.45) is 5.73 Å². The number of carbonyl (C=O) groups is 1. The smallest absolute Gasteiger partial charge is 0.319 e. The molecule has 0 radical (unpaired) electrons. The number of urea groups is 1. The van der Waals surface area contributed by atoms with Crippen LogP contribution in [0.1, 0.15) is 10.6 Å². The molecule has 1 aromatic heterocycles. The van der Waals surface area contributed by atoms with Crippen LogP contribution in [0.15, 0.2) is 11.7 Å². The maximum Gasteiger partial charge on any atom is 0.319 e. The van der Waals surface area contributed by atoms with Crippen molar-refractivity contribution in [1.82, 2.24) is 9.88 Å². The average molecular weight is 181 g/mol. The van der Waals surface area contributed by atoms with E-state index in [4.69, 9.17) is 5.73 Å². The zero-order chi connectivity index (χ0) is 8.55. The van der Waals surface area contributed by atoms with Gasteiger partial charge in [-0.2, -0.15) is 0 Å². The lowest BCUT2D eigenvalue weighted by atomic mass is 10.3. The second kappa shape index (κ2) is 2.60. The molecule has 1 aliphatic rings. The van der Waals surface area contributed by atoms with Crippen LogP contribution >= 0.6 is 11.3 Å². The maximum absolute atomic E-state index is 10.8. The Morgan fingerprint density at radius 3 is 3.33 bits per heavy atom. The molecular formula is C7H7N3OS. The Kier molecular flexibility index (Phi) is 1.58. The Hall–Kier alpha value is -1.36. The normalized spacial score (nSPS) is 14.5. The number of hydrogen-bond donors (Lipinski definition) is 1. The van der Waals surface area contributed by atoms with Gasteiger partial charge in [-0.3, -0.25) is 4.90 Å². The topological polar surface area (TPSA) is 59.2 Å². The van der Waals surface area contributed by atoms with Crippen LogP contribution in [0.4, 0.5) is 4.79 Å². The van der Waals surface area contributed by atoms with E-state index >= 15 is 0 Å². The summed E-state index contributed by atoms with van der Waals surface area (Å²) in [6, 6.07) is -0.426. The fraction of sp³-hybridized carbons (Fsp3) is 0.143. The standard InChI is InChI=1S/C7H7N3OS/c8-7(11)10-2-1-5-6(3-10)12-4-9-5/h1-2,4H,3H2,(H2,8,11). The first-order valence-electron chi connectivity index (χ1n) is 3.44. The zero-order valence-corrected chi connectivity index (χ0v) is 7.04. The van der Waals surface area contributed by atoms with E-state index in [0.29, 0.717) is 6.54 Å². The van der Waals surface area contributed by atoms with Crippen molar-refractivity contribution < 1.29 is 4.79 Å². The average Bonchev–Trinajstić information content (AvgIpc) is 2.49. The third-order valence-corrected chi connectivity index (χ3v) is 2.52. The lowest BCUT2D eigenvalue weighted by molar-refractivity contribution is 0.223. The van der Waals surface area contributed by atoms with Crippen LogP contribution in [0.5, 0.6) is 0 Å². The minimum atomic E-state index is -0.426. The van der Waals surface area contributed by atoms with Gasteiger partial charge in [-0.1, -0.05) is 0 Å². The molecule has 0 saturated carbocycles. The quantitative estimate of drug-likeness (QED) is 0.649. The highest BCUT2D eigenvalue weighted by Crippen LogP contribution is 2.21. The van der Waals surface area contributed by atoms with Crippen LogP contribution in [0.3, 0.4) is 0 Å². The molecule has 0 fully saturated rings. The highest BCUT2D eigenvalue weighted by molar-refractivity contribution is 7.09. The first-order chi connectivity index (χ1) is 5.77. The highest BCUT2D eigenvalue weighted by atomic mass is 32.1. The number of primary amides is 1. The summed E-state index contributed by atoms with van der Waals surface area (Å²) in [6.45, 7) is 0.547. The Balaban J connectivity index is 2.30. The van der Waals surface area contributed by atoms with E-state index in [1.165, 1.54) is 16.2 Å². The molecule has 12 heavy (non-hydrogen) atoms. The van der Waals surface area contributed by atoms with Crippen LogP contribution in [0.2, 0.25) is 0 Å². The van der Waals surface area contributed by atoms with Gasteiger partial charge in [0.15, 0.2) is 0 Å². The van der Waals surface area contributed by atoms with Crippen molar-refractivity contribution in [3.63, 3.8) is 0 Å². The summed E-state index contributed by atoms with van der Waals surface area (Å²) < 4.78 is 0.